The lowest BCUT2D eigenvalue weighted by atomic mass is 9.96. The SMILES string of the molecule is COc1ccc(-c2nc(NC(=O)C3CCN(c4ccc(C(F)(F)F)cn4)CC3)sc2C)cc1. The summed E-state index contributed by atoms with van der Waals surface area (Å²) in [6.07, 6.45) is -2.38. The average molecular weight is 477 g/mol. The van der Waals surface area contributed by atoms with Crippen molar-refractivity contribution in [3.8, 4) is 17.0 Å². The Morgan fingerprint density at radius 3 is 2.42 bits per heavy atom. The number of hydrogen-bond donors (Lipinski definition) is 1. The van der Waals surface area contributed by atoms with Gasteiger partial charge in [-0.15, -0.1) is 11.3 Å². The zero-order valence-electron chi connectivity index (χ0n) is 18.1. The van der Waals surface area contributed by atoms with Crippen LogP contribution in [0.25, 0.3) is 11.3 Å². The third-order valence-corrected chi connectivity index (χ3v) is 6.54. The van der Waals surface area contributed by atoms with E-state index in [4.69, 9.17) is 4.74 Å². The van der Waals surface area contributed by atoms with E-state index in [1.54, 1.807) is 7.11 Å². The van der Waals surface area contributed by atoms with Gasteiger partial charge in [-0.25, -0.2) is 9.97 Å². The van der Waals surface area contributed by atoms with Crippen molar-refractivity contribution >= 4 is 28.2 Å². The van der Waals surface area contributed by atoms with E-state index in [1.165, 1.54) is 17.4 Å². The molecule has 0 radical (unpaired) electrons. The lowest BCUT2D eigenvalue weighted by molar-refractivity contribution is -0.137. The standard InChI is InChI=1S/C23H23F3N4O2S/c1-14-20(15-3-6-18(32-2)7-4-15)28-22(33-14)29-21(31)16-9-11-30(12-10-16)19-8-5-17(13-27-19)23(24,25)26/h3-8,13,16H,9-12H2,1-2H3,(H,28,29,31). The number of nitrogens with one attached hydrogen (secondary N) is 1. The Balaban J connectivity index is 1.35. The summed E-state index contributed by atoms with van der Waals surface area (Å²) >= 11 is 1.43. The van der Waals surface area contributed by atoms with Crippen molar-refractivity contribution in [2.24, 2.45) is 5.92 Å². The normalized spacial score (nSPS) is 14.9. The Bertz CT molecular complexity index is 1110. The molecule has 10 heteroatoms. The molecule has 6 nitrogen and oxygen atoms in total. The van der Waals surface area contributed by atoms with Crippen LogP contribution in [0.1, 0.15) is 23.3 Å². The number of anilines is 2. The molecule has 0 bridgehead atoms. The smallest absolute Gasteiger partial charge is 0.417 e. The average Bonchev–Trinajstić information content (AvgIpc) is 3.18. The van der Waals surface area contributed by atoms with Crippen molar-refractivity contribution in [1.82, 2.24) is 9.97 Å². The molecule has 3 aromatic rings. The zero-order valence-corrected chi connectivity index (χ0v) is 19.0. The van der Waals surface area contributed by atoms with E-state index in [9.17, 15) is 18.0 Å². The molecule has 1 N–H and O–H groups in total. The van der Waals surface area contributed by atoms with Gasteiger partial charge in [0.15, 0.2) is 5.13 Å². The number of ether oxygens (including phenoxy) is 1. The number of carbonyl (C=O) groups excluding carboxylic acids is 1. The number of benzene rings is 1. The van der Waals surface area contributed by atoms with Crippen LogP contribution < -0.4 is 15.0 Å². The summed E-state index contributed by atoms with van der Waals surface area (Å²) in [5, 5.41) is 3.48. The van der Waals surface area contributed by atoms with Crippen LogP contribution in [0.3, 0.4) is 0 Å². The van der Waals surface area contributed by atoms with Gasteiger partial charge in [0.25, 0.3) is 0 Å². The Labute approximate surface area is 193 Å². The molecule has 0 spiro atoms. The van der Waals surface area contributed by atoms with Crippen molar-refractivity contribution in [3.05, 3.63) is 53.0 Å². The summed E-state index contributed by atoms with van der Waals surface area (Å²) in [5.41, 5.74) is 0.997. The molecule has 1 saturated heterocycles. The van der Waals surface area contributed by atoms with Gasteiger partial charge in [-0.1, -0.05) is 0 Å². The molecule has 0 saturated carbocycles. The Morgan fingerprint density at radius 1 is 1.15 bits per heavy atom. The molecule has 2 aromatic heterocycles. The second-order valence-electron chi connectivity index (χ2n) is 7.81. The van der Waals surface area contributed by atoms with E-state index in [1.807, 2.05) is 36.1 Å². The highest BCUT2D eigenvalue weighted by molar-refractivity contribution is 7.16. The largest absolute Gasteiger partial charge is 0.497 e. The minimum Gasteiger partial charge on any atom is -0.497 e. The first kappa shape index (κ1) is 23.0. The van der Waals surface area contributed by atoms with E-state index in [0.29, 0.717) is 36.9 Å². The summed E-state index contributed by atoms with van der Waals surface area (Å²) in [4.78, 5) is 24.2. The van der Waals surface area contributed by atoms with Gasteiger partial charge in [-0.05, 0) is 56.2 Å². The summed E-state index contributed by atoms with van der Waals surface area (Å²) in [6.45, 7) is 3.05. The van der Waals surface area contributed by atoms with Gasteiger partial charge in [0.05, 0.1) is 18.4 Å². The summed E-state index contributed by atoms with van der Waals surface area (Å²) in [6, 6.07) is 10.0. The Kier molecular flexibility index (Phi) is 6.55. The number of amides is 1. The molecular formula is C23H23F3N4O2S. The molecule has 1 fully saturated rings. The van der Waals surface area contributed by atoms with Gasteiger partial charge in [0.2, 0.25) is 5.91 Å². The van der Waals surface area contributed by atoms with Crippen molar-refractivity contribution in [2.45, 2.75) is 25.9 Å². The number of alkyl halides is 3. The van der Waals surface area contributed by atoms with E-state index in [0.717, 1.165) is 34.1 Å². The first-order chi connectivity index (χ1) is 15.7. The van der Waals surface area contributed by atoms with Crippen LogP contribution >= 0.6 is 11.3 Å². The number of thiazole rings is 1. The maximum absolute atomic E-state index is 12.8. The summed E-state index contributed by atoms with van der Waals surface area (Å²) in [7, 11) is 1.61. The number of methoxy groups -OCH3 is 1. The number of nitrogens with zero attached hydrogens (tertiary/aromatic N) is 3. The fraction of sp³-hybridized carbons (Fsp3) is 0.348. The number of rotatable bonds is 5. The predicted molar refractivity (Wildman–Crippen MR) is 122 cm³/mol. The molecule has 3 heterocycles. The number of hydrogen-bond acceptors (Lipinski definition) is 6. The van der Waals surface area contributed by atoms with Crippen molar-refractivity contribution < 1.29 is 22.7 Å². The molecule has 4 rings (SSSR count). The van der Waals surface area contributed by atoms with E-state index in [2.05, 4.69) is 15.3 Å². The van der Waals surface area contributed by atoms with Crippen LogP contribution in [-0.2, 0) is 11.0 Å². The van der Waals surface area contributed by atoms with Crippen LogP contribution in [0, 0.1) is 12.8 Å². The Hall–Kier alpha value is -3.14. The van der Waals surface area contributed by atoms with Crippen molar-refractivity contribution in [3.63, 3.8) is 0 Å². The molecule has 33 heavy (non-hydrogen) atoms. The fourth-order valence-corrected chi connectivity index (χ4v) is 4.62. The second-order valence-corrected chi connectivity index (χ2v) is 9.01. The monoisotopic (exact) mass is 476 g/mol. The van der Waals surface area contributed by atoms with Crippen LogP contribution in [0.4, 0.5) is 24.1 Å². The molecule has 1 aromatic carbocycles. The third-order valence-electron chi connectivity index (χ3n) is 5.66. The van der Waals surface area contributed by atoms with E-state index in [-0.39, 0.29) is 11.8 Å². The highest BCUT2D eigenvalue weighted by Crippen LogP contribution is 2.33. The lowest BCUT2D eigenvalue weighted by Crippen LogP contribution is -2.38. The molecule has 174 valence electrons. The topological polar surface area (TPSA) is 67.3 Å². The van der Waals surface area contributed by atoms with Crippen molar-refractivity contribution in [2.75, 3.05) is 30.4 Å². The number of halogens is 3. The van der Waals surface area contributed by atoms with Crippen molar-refractivity contribution in [1.29, 1.82) is 0 Å². The van der Waals surface area contributed by atoms with Crippen LogP contribution in [0.5, 0.6) is 5.75 Å². The van der Waals surface area contributed by atoms with E-state index >= 15 is 0 Å². The fourth-order valence-electron chi connectivity index (χ4n) is 3.79. The van der Waals surface area contributed by atoms with Crippen LogP contribution in [0.2, 0.25) is 0 Å². The number of carbonyl (C=O) groups is 1. The molecule has 1 amide bonds. The molecule has 0 atom stereocenters. The third kappa shape index (κ3) is 5.27. The van der Waals surface area contributed by atoms with Gasteiger partial charge in [-0.3, -0.25) is 4.79 Å². The zero-order chi connectivity index (χ0) is 23.6. The number of aromatic nitrogens is 2. The number of pyridine rings is 1. The molecule has 0 unspecified atom stereocenters. The van der Waals surface area contributed by atoms with Crippen LogP contribution in [0.15, 0.2) is 42.6 Å². The summed E-state index contributed by atoms with van der Waals surface area (Å²) < 4.78 is 43.4. The van der Waals surface area contributed by atoms with Gasteiger partial charge >= 0.3 is 6.18 Å². The first-order valence-electron chi connectivity index (χ1n) is 10.5. The maximum Gasteiger partial charge on any atom is 0.417 e. The highest BCUT2D eigenvalue weighted by Gasteiger charge is 2.31. The molecular weight excluding hydrogens is 453 g/mol. The first-order valence-corrected chi connectivity index (χ1v) is 11.3. The van der Waals surface area contributed by atoms with Gasteiger partial charge in [-0.2, -0.15) is 13.2 Å². The lowest BCUT2D eigenvalue weighted by Gasteiger charge is -2.32. The van der Waals surface area contributed by atoms with E-state index < -0.39 is 11.7 Å². The van der Waals surface area contributed by atoms with Gasteiger partial charge in [0.1, 0.15) is 11.6 Å². The highest BCUT2D eigenvalue weighted by atomic mass is 32.1. The second kappa shape index (κ2) is 9.38. The van der Waals surface area contributed by atoms with Crippen LogP contribution in [-0.4, -0.2) is 36.1 Å². The molecule has 1 aliphatic heterocycles. The minimum atomic E-state index is -4.40. The van der Waals surface area contributed by atoms with Gasteiger partial charge in [0, 0.05) is 35.6 Å². The number of piperidine rings is 1. The number of aryl methyl sites for hydroxylation is 1. The molecule has 1 aliphatic rings. The maximum atomic E-state index is 12.8. The molecule has 0 aliphatic carbocycles. The predicted octanol–water partition coefficient (Wildman–Crippen LogP) is 5.40. The minimum absolute atomic E-state index is 0.0925. The Morgan fingerprint density at radius 2 is 1.85 bits per heavy atom. The quantitative estimate of drug-likeness (QED) is 0.534. The van der Waals surface area contributed by atoms with Gasteiger partial charge < -0.3 is 15.0 Å². The summed E-state index contributed by atoms with van der Waals surface area (Å²) in [5.74, 6) is 0.967.